The number of nitrogens with two attached hydrogens (primary N) is 1. The maximum absolute atomic E-state index is 13.7. The monoisotopic (exact) mass is 447 g/mol. The molecule has 33 heavy (non-hydrogen) atoms. The van der Waals surface area contributed by atoms with Crippen LogP contribution in [0.2, 0.25) is 0 Å². The first-order chi connectivity index (χ1) is 15.6. The number of ketones is 1. The van der Waals surface area contributed by atoms with Crippen LogP contribution in [0.25, 0.3) is 0 Å². The van der Waals surface area contributed by atoms with Crippen LogP contribution in [-0.4, -0.2) is 47.2 Å². The summed E-state index contributed by atoms with van der Waals surface area (Å²) in [7, 11) is 0. The second kappa shape index (κ2) is 8.75. The lowest BCUT2D eigenvalue weighted by atomic mass is 9.73. The molecule has 2 aromatic carbocycles. The van der Waals surface area contributed by atoms with E-state index in [2.05, 4.69) is 11.4 Å². The number of rotatable bonds is 5. The molecule has 0 saturated carbocycles. The highest BCUT2D eigenvalue weighted by Crippen LogP contribution is 2.46. The summed E-state index contributed by atoms with van der Waals surface area (Å²) >= 11 is 0. The van der Waals surface area contributed by atoms with Crippen molar-refractivity contribution in [1.82, 2.24) is 10.2 Å². The fourth-order valence-electron chi connectivity index (χ4n) is 5.16. The van der Waals surface area contributed by atoms with Crippen molar-refractivity contribution >= 4 is 17.6 Å². The summed E-state index contributed by atoms with van der Waals surface area (Å²) in [4.78, 5) is 40.8. The lowest BCUT2D eigenvalue weighted by Crippen LogP contribution is -2.59. The number of carbonyl (C=O) groups is 3. The standard InChI is InChI=1S/C27H33N3O3/c1-18(19-9-5-4-6-10-19)23(29-25(33)26(2,3)28)24(32)30-15-13-27(14-16-30)17-22(31)20-11-7-8-12-21(20)27/h4-12,18,23H,13-17,28H2,1-3H3,(H,29,33)/t18-,23+/m1/s1. The topological polar surface area (TPSA) is 92.5 Å². The van der Waals surface area contributed by atoms with Crippen LogP contribution in [0.5, 0.6) is 0 Å². The van der Waals surface area contributed by atoms with Gasteiger partial charge in [0.05, 0.1) is 5.54 Å². The van der Waals surface area contributed by atoms with E-state index in [0.29, 0.717) is 19.5 Å². The minimum Gasteiger partial charge on any atom is -0.342 e. The van der Waals surface area contributed by atoms with Crippen LogP contribution in [0.1, 0.15) is 67.4 Å². The van der Waals surface area contributed by atoms with E-state index >= 15 is 0 Å². The average Bonchev–Trinajstić information content (AvgIpc) is 3.08. The van der Waals surface area contributed by atoms with Gasteiger partial charge in [-0.1, -0.05) is 61.5 Å². The van der Waals surface area contributed by atoms with E-state index in [1.807, 2.05) is 60.4 Å². The smallest absolute Gasteiger partial charge is 0.245 e. The number of amides is 2. The molecular formula is C27H33N3O3. The Morgan fingerprint density at radius 3 is 2.27 bits per heavy atom. The second-order valence-corrected chi connectivity index (χ2v) is 10.1. The first-order valence-corrected chi connectivity index (χ1v) is 11.7. The zero-order valence-corrected chi connectivity index (χ0v) is 19.6. The highest BCUT2D eigenvalue weighted by molar-refractivity contribution is 6.02. The Labute approximate surface area is 195 Å². The van der Waals surface area contributed by atoms with Gasteiger partial charge in [0.15, 0.2) is 5.78 Å². The Bertz CT molecular complexity index is 1050. The van der Waals surface area contributed by atoms with Crippen molar-refractivity contribution in [2.45, 2.75) is 62.9 Å². The van der Waals surface area contributed by atoms with Gasteiger partial charge >= 0.3 is 0 Å². The molecular weight excluding hydrogens is 414 g/mol. The highest BCUT2D eigenvalue weighted by Gasteiger charge is 2.46. The Morgan fingerprint density at radius 1 is 1.03 bits per heavy atom. The van der Waals surface area contributed by atoms with Gasteiger partial charge in [-0.3, -0.25) is 14.4 Å². The lowest BCUT2D eigenvalue weighted by molar-refractivity contribution is -0.139. The van der Waals surface area contributed by atoms with Gasteiger partial charge in [0, 0.05) is 36.4 Å². The third-order valence-electron chi connectivity index (χ3n) is 7.29. The van der Waals surface area contributed by atoms with Crippen LogP contribution < -0.4 is 11.1 Å². The fraction of sp³-hybridized carbons (Fsp3) is 0.444. The van der Waals surface area contributed by atoms with Crippen molar-refractivity contribution in [2.24, 2.45) is 5.73 Å². The van der Waals surface area contributed by atoms with Crippen molar-refractivity contribution < 1.29 is 14.4 Å². The first-order valence-electron chi connectivity index (χ1n) is 11.7. The van der Waals surface area contributed by atoms with E-state index in [0.717, 1.165) is 29.5 Å². The van der Waals surface area contributed by atoms with E-state index in [-0.39, 0.29) is 28.9 Å². The summed E-state index contributed by atoms with van der Waals surface area (Å²) < 4.78 is 0. The van der Waals surface area contributed by atoms with Crippen molar-refractivity contribution in [2.75, 3.05) is 13.1 Å². The number of Topliss-reactive ketones (excluding diaryl/α,β-unsaturated/α-hetero) is 1. The van der Waals surface area contributed by atoms with E-state index < -0.39 is 11.6 Å². The molecule has 1 fully saturated rings. The van der Waals surface area contributed by atoms with Gasteiger partial charge < -0.3 is 16.0 Å². The van der Waals surface area contributed by atoms with Gasteiger partial charge in [0.25, 0.3) is 0 Å². The molecule has 2 aromatic rings. The number of hydrogen-bond acceptors (Lipinski definition) is 4. The van der Waals surface area contributed by atoms with Crippen LogP contribution in [0.15, 0.2) is 54.6 Å². The summed E-state index contributed by atoms with van der Waals surface area (Å²) in [6.45, 7) is 6.34. The Morgan fingerprint density at radius 2 is 1.64 bits per heavy atom. The number of benzene rings is 2. The number of carbonyl (C=O) groups excluding carboxylic acids is 3. The number of fused-ring (bicyclic) bond motifs is 2. The molecule has 3 N–H and O–H groups in total. The normalized spacial score (nSPS) is 19.2. The average molecular weight is 448 g/mol. The van der Waals surface area contributed by atoms with Crippen LogP contribution in [0.3, 0.4) is 0 Å². The number of nitrogens with zero attached hydrogens (tertiary/aromatic N) is 1. The van der Waals surface area contributed by atoms with Crippen molar-refractivity contribution in [3.8, 4) is 0 Å². The molecule has 174 valence electrons. The lowest BCUT2D eigenvalue weighted by Gasteiger charge is -2.41. The van der Waals surface area contributed by atoms with Gasteiger partial charge in [-0.05, 0) is 37.8 Å². The number of piperidine rings is 1. The molecule has 6 heteroatoms. The van der Waals surface area contributed by atoms with Gasteiger partial charge in [0.1, 0.15) is 6.04 Å². The molecule has 1 aliphatic carbocycles. The van der Waals surface area contributed by atoms with Crippen LogP contribution in [0.4, 0.5) is 0 Å². The van der Waals surface area contributed by atoms with E-state index in [9.17, 15) is 14.4 Å². The van der Waals surface area contributed by atoms with Crippen molar-refractivity contribution in [1.29, 1.82) is 0 Å². The summed E-state index contributed by atoms with van der Waals surface area (Å²) in [6, 6.07) is 16.9. The van der Waals surface area contributed by atoms with Gasteiger partial charge in [0.2, 0.25) is 11.8 Å². The molecule has 1 aliphatic heterocycles. The van der Waals surface area contributed by atoms with Crippen molar-refractivity contribution in [3.05, 3.63) is 71.3 Å². The van der Waals surface area contributed by atoms with Crippen LogP contribution in [0, 0.1) is 0 Å². The van der Waals surface area contributed by atoms with E-state index in [1.54, 1.807) is 13.8 Å². The molecule has 6 nitrogen and oxygen atoms in total. The molecule has 0 unspecified atom stereocenters. The first kappa shape index (κ1) is 23.2. The summed E-state index contributed by atoms with van der Waals surface area (Å²) in [5.74, 6) is -0.475. The fourth-order valence-corrected chi connectivity index (χ4v) is 5.16. The number of nitrogens with one attached hydrogen (secondary N) is 1. The Kier molecular flexibility index (Phi) is 6.14. The molecule has 1 heterocycles. The zero-order chi connectivity index (χ0) is 23.8. The minimum atomic E-state index is -1.09. The molecule has 2 amide bonds. The van der Waals surface area contributed by atoms with Gasteiger partial charge in [-0.2, -0.15) is 0 Å². The predicted octanol–water partition coefficient (Wildman–Crippen LogP) is 3.16. The summed E-state index contributed by atoms with van der Waals surface area (Å²) in [5, 5.41) is 2.93. The van der Waals surface area contributed by atoms with Gasteiger partial charge in [-0.15, -0.1) is 0 Å². The highest BCUT2D eigenvalue weighted by atomic mass is 16.2. The Balaban J connectivity index is 1.54. The second-order valence-electron chi connectivity index (χ2n) is 10.1. The third-order valence-corrected chi connectivity index (χ3v) is 7.29. The van der Waals surface area contributed by atoms with Crippen LogP contribution in [-0.2, 0) is 15.0 Å². The maximum atomic E-state index is 13.7. The molecule has 0 aromatic heterocycles. The van der Waals surface area contributed by atoms with Crippen molar-refractivity contribution in [3.63, 3.8) is 0 Å². The van der Waals surface area contributed by atoms with E-state index in [4.69, 9.17) is 5.73 Å². The molecule has 2 atom stereocenters. The SMILES string of the molecule is C[C@H](c1ccccc1)[C@H](NC(=O)C(C)(C)N)C(=O)N1CCC2(CC1)CC(=O)c1ccccc12. The number of likely N-dealkylation sites (tertiary alicyclic amines) is 1. The molecule has 1 spiro atoms. The minimum absolute atomic E-state index is 0.101. The molecule has 1 saturated heterocycles. The number of hydrogen-bond donors (Lipinski definition) is 2. The predicted molar refractivity (Wildman–Crippen MR) is 128 cm³/mol. The summed E-state index contributed by atoms with van der Waals surface area (Å²) in [6.07, 6.45) is 1.99. The third kappa shape index (κ3) is 4.44. The Hall–Kier alpha value is -2.99. The zero-order valence-electron chi connectivity index (χ0n) is 19.6. The molecule has 4 rings (SSSR count). The quantitative estimate of drug-likeness (QED) is 0.736. The van der Waals surface area contributed by atoms with Gasteiger partial charge in [-0.25, -0.2) is 0 Å². The summed E-state index contributed by atoms with van der Waals surface area (Å²) in [5.41, 5.74) is 7.66. The molecule has 0 bridgehead atoms. The molecule has 2 aliphatic rings. The van der Waals surface area contributed by atoms with E-state index in [1.165, 1.54) is 0 Å². The van der Waals surface area contributed by atoms with Crippen LogP contribution >= 0.6 is 0 Å². The molecule has 0 radical (unpaired) electrons. The maximum Gasteiger partial charge on any atom is 0.245 e. The largest absolute Gasteiger partial charge is 0.342 e.